The van der Waals surface area contributed by atoms with Crippen molar-refractivity contribution in [3.05, 3.63) is 89.7 Å². The number of halogens is 1. The van der Waals surface area contributed by atoms with Crippen molar-refractivity contribution in [1.29, 1.82) is 0 Å². The topological polar surface area (TPSA) is 113 Å². The molecule has 9 heteroatoms. The summed E-state index contributed by atoms with van der Waals surface area (Å²) in [5.41, 5.74) is 3.53. The van der Waals surface area contributed by atoms with Crippen LogP contribution in [0.3, 0.4) is 0 Å². The van der Waals surface area contributed by atoms with Crippen molar-refractivity contribution in [2.45, 2.75) is 62.4 Å². The quantitative estimate of drug-likeness (QED) is 0.319. The van der Waals surface area contributed by atoms with E-state index in [0.717, 1.165) is 22.3 Å². The molecule has 0 heterocycles. The number of carbonyl (C=O) groups is 2. The Hall–Kier alpha value is -3.56. The third kappa shape index (κ3) is 7.74. The lowest BCUT2D eigenvalue weighted by atomic mass is 9.85. The van der Waals surface area contributed by atoms with Gasteiger partial charge in [-0.1, -0.05) is 48.5 Å². The fourth-order valence-electron chi connectivity index (χ4n) is 4.87. The molecule has 39 heavy (non-hydrogen) atoms. The van der Waals surface area contributed by atoms with Crippen LogP contribution in [0.2, 0.25) is 0 Å². The van der Waals surface area contributed by atoms with Gasteiger partial charge >= 0.3 is 5.97 Å². The molecule has 1 amide bonds. The largest absolute Gasteiger partial charge is 0.481 e. The van der Waals surface area contributed by atoms with Gasteiger partial charge in [-0.3, -0.25) is 9.59 Å². The van der Waals surface area contributed by atoms with E-state index in [2.05, 4.69) is 10.0 Å². The zero-order valence-corrected chi connectivity index (χ0v) is 22.6. The zero-order chi connectivity index (χ0) is 28.0. The second kappa shape index (κ2) is 12.5. The lowest BCUT2D eigenvalue weighted by Crippen LogP contribution is -2.41. The van der Waals surface area contributed by atoms with Crippen LogP contribution in [-0.2, 0) is 26.0 Å². The van der Waals surface area contributed by atoms with Gasteiger partial charge in [0, 0.05) is 18.4 Å². The summed E-state index contributed by atoms with van der Waals surface area (Å²) >= 11 is 0. The van der Waals surface area contributed by atoms with Crippen LogP contribution >= 0.6 is 0 Å². The zero-order valence-electron chi connectivity index (χ0n) is 21.8. The van der Waals surface area contributed by atoms with Crippen LogP contribution in [0.5, 0.6) is 0 Å². The summed E-state index contributed by atoms with van der Waals surface area (Å²) in [5, 5.41) is 11.8. The minimum atomic E-state index is -3.71. The second-order valence-corrected chi connectivity index (χ2v) is 11.8. The average molecular weight is 553 g/mol. The van der Waals surface area contributed by atoms with Crippen LogP contribution < -0.4 is 10.0 Å². The molecule has 0 unspecified atom stereocenters. The number of rotatable bonds is 10. The summed E-state index contributed by atoms with van der Waals surface area (Å²) < 4.78 is 41.9. The summed E-state index contributed by atoms with van der Waals surface area (Å²) in [4.78, 5) is 23.7. The van der Waals surface area contributed by atoms with Crippen molar-refractivity contribution in [2.24, 2.45) is 5.92 Å². The average Bonchev–Trinajstić information content (AvgIpc) is 2.93. The van der Waals surface area contributed by atoms with Crippen molar-refractivity contribution in [2.75, 3.05) is 0 Å². The number of nitrogens with one attached hydrogen (secondary N) is 2. The van der Waals surface area contributed by atoms with Gasteiger partial charge in [-0.2, -0.15) is 0 Å². The van der Waals surface area contributed by atoms with E-state index in [1.54, 1.807) is 36.4 Å². The minimum absolute atomic E-state index is 0.0707. The third-order valence-corrected chi connectivity index (χ3v) is 8.76. The van der Waals surface area contributed by atoms with Crippen LogP contribution in [0, 0.1) is 11.7 Å². The summed E-state index contributed by atoms with van der Waals surface area (Å²) in [6.45, 7) is 1.85. The first-order valence-corrected chi connectivity index (χ1v) is 14.6. The van der Waals surface area contributed by atoms with Gasteiger partial charge in [0.2, 0.25) is 15.9 Å². The van der Waals surface area contributed by atoms with Crippen LogP contribution in [0.15, 0.2) is 77.7 Å². The summed E-state index contributed by atoms with van der Waals surface area (Å²) in [5.74, 6) is -1.42. The first-order valence-electron chi connectivity index (χ1n) is 13.1. The van der Waals surface area contributed by atoms with Crippen molar-refractivity contribution in [1.82, 2.24) is 10.0 Å². The maximum absolute atomic E-state index is 13.2. The molecular formula is C30H33FN2O5S. The Morgan fingerprint density at radius 2 is 1.46 bits per heavy atom. The molecule has 0 saturated heterocycles. The maximum Gasteiger partial charge on any atom is 0.303 e. The van der Waals surface area contributed by atoms with Gasteiger partial charge in [-0.05, 0) is 85.5 Å². The van der Waals surface area contributed by atoms with Crippen molar-refractivity contribution in [3.8, 4) is 11.1 Å². The molecule has 1 aliphatic rings. The monoisotopic (exact) mass is 552 g/mol. The molecule has 0 aromatic heterocycles. The molecule has 3 aromatic carbocycles. The van der Waals surface area contributed by atoms with Gasteiger partial charge in [-0.25, -0.2) is 17.5 Å². The smallest absolute Gasteiger partial charge is 0.303 e. The Balaban J connectivity index is 1.28. The molecule has 0 aliphatic heterocycles. The lowest BCUT2D eigenvalue weighted by Gasteiger charge is -2.29. The highest BCUT2D eigenvalue weighted by molar-refractivity contribution is 7.89. The molecule has 0 bridgehead atoms. The molecule has 3 aromatic rings. The SMILES string of the molecule is C[C@@H](NC(=O)[C@H]1CC[C@H](NS(=O)(=O)c2ccc(-c3ccc(CCC(=O)O)cc3)cc2)CC1)c1ccc(F)cc1. The van der Waals surface area contributed by atoms with Crippen molar-refractivity contribution >= 4 is 21.9 Å². The molecule has 3 N–H and O–H groups in total. The Morgan fingerprint density at radius 3 is 2.03 bits per heavy atom. The highest BCUT2D eigenvalue weighted by Crippen LogP contribution is 2.28. The number of carbonyl (C=O) groups excluding carboxylic acids is 1. The van der Waals surface area contributed by atoms with E-state index < -0.39 is 16.0 Å². The van der Waals surface area contributed by atoms with Crippen LogP contribution in [0.4, 0.5) is 4.39 Å². The van der Waals surface area contributed by atoms with Crippen molar-refractivity contribution < 1.29 is 27.5 Å². The molecule has 1 saturated carbocycles. The number of aryl methyl sites for hydroxylation is 1. The van der Waals surface area contributed by atoms with E-state index >= 15 is 0 Å². The Labute approximate surface area is 228 Å². The third-order valence-electron chi connectivity index (χ3n) is 7.23. The Morgan fingerprint density at radius 1 is 0.897 bits per heavy atom. The predicted molar refractivity (Wildman–Crippen MR) is 147 cm³/mol. The number of carboxylic acids is 1. The van der Waals surface area contributed by atoms with E-state index in [1.165, 1.54) is 12.1 Å². The number of carboxylic acid groups (broad SMARTS) is 1. The van der Waals surface area contributed by atoms with Gasteiger partial charge < -0.3 is 10.4 Å². The van der Waals surface area contributed by atoms with E-state index in [9.17, 15) is 22.4 Å². The fraction of sp³-hybridized carbons (Fsp3) is 0.333. The van der Waals surface area contributed by atoms with Gasteiger partial charge in [0.1, 0.15) is 5.82 Å². The van der Waals surface area contributed by atoms with Crippen LogP contribution in [-0.4, -0.2) is 31.4 Å². The molecule has 1 fully saturated rings. The highest BCUT2D eigenvalue weighted by atomic mass is 32.2. The number of sulfonamides is 1. The van der Waals surface area contributed by atoms with Gasteiger partial charge in [0.25, 0.3) is 0 Å². The fourth-order valence-corrected chi connectivity index (χ4v) is 6.17. The molecule has 206 valence electrons. The second-order valence-electron chi connectivity index (χ2n) is 10.1. The first kappa shape index (κ1) is 28.4. The van der Waals surface area contributed by atoms with E-state index in [4.69, 9.17) is 5.11 Å². The lowest BCUT2D eigenvalue weighted by molar-refractivity contribution is -0.137. The molecule has 1 atom stereocenters. The van der Waals surface area contributed by atoms with E-state index in [-0.39, 0.29) is 41.0 Å². The number of aliphatic carboxylic acids is 1. The first-order chi connectivity index (χ1) is 18.6. The standard InChI is InChI=1S/C30H33FN2O5S/c1-20(22-7-13-26(31)14-8-22)32-30(36)25-9-15-27(16-10-25)33-39(37,38)28-17-11-24(12-18-28)23-5-2-21(3-6-23)4-19-29(34)35/h2-3,5-8,11-14,17-18,20,25,27,33H,4,9-10,15-16,19H2,1H3,(H,32,36)(H,34,35)/t20-,25-,27-/m1/s1. The van der Waals surface area contributed by atoms with Gasteiger partial charge in [-0.15, -0.1) is 0 Å². The highest BCUT2D eigenvalue weighted by Gasteiger charge is 2.29. The molecule has 0 spiro atoms. The summed E-state index contributed by atoms with van der Waals surface area (Å²) in [7, 11) is -3.71. The summed E-state index contributed by atoms with van der Waals surface area (Å²) in [6.07, 6.45) is 2.82. The normalized spacial score (nSPS) is 18.3. The molecular weight excluding hydrogens is 519 g/mol. The summed E-state index contributed by atoms with van der Waals surface area (Å²) in [6, 6.07) is 19.8. The van der Waals surface area contributed by atoms with E-state index in [0.29, 0.717) is 32.1 Å². The van der Waals surface area contributed by atoms with E-state index in [1.807, 2.05) is 31.2 Å². The van der Waals surface area contributed by atoms with Gasteiger partial charge in [0.15, 0.2) is 0 Å². The van der Waals surface area contributed by atoms with Gasteiger partial charge in [0.05, 0.1) is 10.9 Å². The molecule has 0 radical (unpaired) electrons. The molecule has 4 rings (SSSR count). The predicted octanol–water partition coefficient (Wildman–Crippen LogP) is 5.22. The van der Waals surface area contributed by atoms with Crippen LogP contribution in [0.1, 0.15) is 56.2 Å². The van der Waals surface area contributed by atoms with Crippen molar-refractivity contribution in [3.63, 3.8) is 0 Å². The Bertz CT molecular complexity index is 1380. The number of hydrogen-bond acceptors (Lipinski definition) is 4. The Kier molecular flexibility index (Phi) is 9.14. The maximum atomic E-state index is 13.2. The minimum Gasteiger partial charge on any atom is -0.481 e. The molecule has 1 aliphatic carbocycles. The number of hydrogen-bond donors (Lipinski definition) is 3. The number of benzene rings is 3. The van der Waals surface area contributed by atoms with Crippen LogP contribution in [0.25, 0.3) is 11.1 Å². The number of amides is 1. The molecule has 7 nitrogen and oxygen atoms in total.